The molecule has 0 amide bonds. The van der Waals surface area contributed by atoms with Crippen LogP contribution in [0.5, 0.6) is 0 Å². The van der Waals surface area contributed by atoms with E-state index in [4.69, 9.17) is 4.74 Å². The fraction of sp³-hybridized carbons (Fsp3) is 0.900. The Morgan fingerprint density at radius 2 is 2.27 bits per heavy atom. The van der Waals surface area contributed by atoms with Crippen LogP contribution in [0.15, 0.2) is 0 Å². The van der Waals surface area contributed by atoms with E-state index in [1.165, 1.54) is 4.90 Å². The topological polar surface area (TPSA) is 29.5 Å². The highest BCUT2D eigenvalue weighted by molar-refractivity contribution is 5.75. The van der Waals surface area contributed by atoms with E-state index in [2.05, 4.69) is 0 Å². The molecule has 0 aliphatic carbocycles. The van der Waals surface area contributed by atoms with Gasteiger partial charge in [0.15, 0.2) is 0 Å². The summed E-state index contributed by atoms with van der Waals surface area (Å²) in [4.78, 5) is 13.0. The third-order valence-electron chi connectivity index (χ3n) is 2.54. The molecule has 3 nitrogen and oxygen atoms in total. The number of halogens is 2. The molecule has 1 aliphatic rings. The highest BCUT2D eigenvalue weighted by atomic mass is 19.3. The van der Waals surface area contributed by atoms with Crippen LogP contribution in [0.2, 0.25) is 0 Å². The molecule has 1 aliphatic heterocycles. The zero-order chi connectivity index (χ0) is 11.3. The van der Waals surface area contributed by atoms with Gasteiger partial charge in [-0.15, -0.1) is 0 Å². The average molecular weight is 221 g/mol. The largest absolute Gasteiger partial charge is 0.465 e. The van der Waals surface area contributed by atoms with Gasteiger partial charge in [-0.05, 0) is 26.3 Å². The van der Waals surface area contributed by atoms with Gasteiger partial charge in [0.1, 0.15) is 6.04 Å². The van der Waals surface area contributed by atoms with Crippen molar-refractivity contribution in [3.63, 3.8) is 0 Å². The molecule has 0 saturated carbocycles. The maximum absolute atomic E-state index is 12.2. The molecule has 0 aromatic rings. The highest BCUT2D eigenvalue weighted by Crippen LogP contribution is 2.19. The van der Waals surface area contributed by atoms with Crippen molar-refractivity contribution in [1.82, 2.24) is 4.90 Å². The van der Waals surface area contributed by atoms with E-state index in [-0.39, 0.29) is 12.5 Å². The number of likely N-dealkylation sites (tertiary alicyclic amines) is 1. The van der Waals surface area contributed by atoms with E-state index >= 15 is 0 Å². The van der Waals surface area contributed by atoms with Crippen LogP contribution in [0.4, 0.5) is 8.78 Å². The summed E-state index contributed by atoms with van der Waals surface area (Å²) in [6, 6.07) is -0.465. The second kappa shape index (κ2) is 6.00. The molecular weight excluding hydrogens is 204 g/mol. The molecule has 0 N–H and O–H groups in total. The Morgan fingerprint density at radius 3 is 2.87 bits per heavy atom. The first-order chi connectivity index (χ1) is 7.15. The standard InChI is InChI=1S/C10H17F2NO2/c1-2-15-10(14)8-5-3-4-6-13(8)7-9(11)12/h8-9H,2-7H2,1H3/t8-/m0/s1. The number of nitrogens with zero attached hydrogens (tertiary/aromatic N) is 1. The lowest BCUT2D eigenvalue weighted by Crippen LogP contribution is -2.47. The summed E-state index contributed by atoms with van der Waals surface area (Å²) < 4.78 is 29.4. The van der Waals surface area contributed by atoms with Gasteiger partial charge >= 0.3 is 5.97 Å². The Morgan fingerprint density at radius 1 is 1.53 bits per heavy atom. The number of piperidine rings is 1. The summed E-state index contributed by atoms with van der Waals surface area (Å²) in [7, 11) is 0. The molecule has 0 aromatic carbocycles. The lowest BCUT2D eigenvalue weighted by Gasteiger charge is -2.33. The molecular formula is C10H17F2NO2. The number of carbonyl (C=O) groups is 1. The number of rotatable bonds is 4. The summed E-state index contributed by atoms with van der Waals surface area (Å²) in [5.41, 5.74) is 0. The first-order valence-electron chi connectivity index (χ1n) is 5.34. The van der Waals surface area contributed by atoms with Crippen molar-refractivity contribution in [2.45, 2.75) is 38.7 Å². The molecule has 0 bridgehead atoms. The summed E-state index contributed by atoms with van der Waals surface area (Å²) in [5, 5.41) is 0. The lowest BCUT2D eigenvalue weighted by molar-refractivity contribution is -0.151. The van der Waals surface area contributed by atoms with Crippen LogP contribution in [0.25, 0.3) is 0 Å². The van der Waals surface area contributed by atoms with Gasteiger partial charge in [-0.1, -0.05) is 6.42 Å². The van der Waals surface area contributed by atoms with Gasteiger partial charge < -0.3 is 4.74 Å². The lowest BCUT2D eigenvalue weighted by atomic mass is 10.0. The molecule has 15 heavy (non-hydrogen) atoms. The van der Waals surface area contributed by atoms with Crippen molar-refractivity contribution >= 4 is 5.97 Å². The van der Waals surface area contributed by atoms with E-state index in [9.17, 15) is 13.6 Å². The molecule has 88 valence electrons. The average Bonchev–Trinajstić information content (AvgIpc) is 2.18. The molecule has 1 heterocycles. The second-order valence-electron chi connectivity index (χ2n) is 3.65. The predicted molar refractivity (Wildman–Crippen MR) is 51.8 cm³/mol. The van der Waals surface area contributed by atoms with Crippen molar-refractivity contribution in [2.24, 2.45) is 0 Å². The van der Waals surface area contributed by atoms with Crippen molar-refractivity contribution < 1.29 is 18.3 Å². The smallest absolute Gasteiger partial charge is 0.323 e. The van der Waals surface area contributed by atoms with Gasteiger partial charge in [-0.25, -0.2) is 8.78 Å². The molecule has 0 aromatic heterocycles. The number of alkyl halides is 2. The third kappa shape index (κ3) is 3.74. The summed E-state index contributed by atoms with van der Waals surface area (Å²) >= 11 is 0. The molecule has 0 radical (unpaired) electrons. The summed E-state index contributed by atoms with van der Waals surface area (Å²) in [6.07, 6.45) is 0.0252. The molecule has 1 saturated heterocycles. The fourth-order valence-electron chi connectivity index (χ4n) is 1.89. The number of ether oxygens (including phenoxy) is 1. The van der Waals surface area contributed by atoms with Crippen LogP contribution in [0.3, 0.4) is 0 Å². The van der Waals surface area contributed by atoms with Gasteiger partial charge in [0, 0.05) is 0 Å². The Bertz CT molecular complexity index is 212. The zero-order valence-corrected chi connectivity index (χ0v) is 8.92. The molecule has 0 unspecified atom stereocenters. The summed E-state index contributed by atoms with van der Waals surface area (Å²) in [5.74, 6) is -0.363. The quantitative estimate of drug-likeness (QED) is 0.676. The van der Waals surface area contributed by atoms with E-state index < -0.39 is 12.5 Å². The monoisotopic (exact) mass is 221 g/mol. The SMILES string of the molecule is CCOC(=O)[C@@H]1CCCCN1CC(F)F. The molecule has 5 heteroatoms. The minimum atomic E-state index is -2.39. The Hall–Kier alpha value is -0.710. The zero-order valence-electron chi connectivity index (χ0n) is 8.92. The van der Waals surface area contributed by atoms with Gasteiger partial charge in [-0.2, -0.15) is 0 Å². The maximum Gasteiger partial charge on any atom is 0.323 e. The maximum atomic E-state index is 12.2. The van der Waals surface area contributed by atoms with Crippen LogP contribution in [-0.2, 0) is 9.53 Å². The van der Waals surface area contributed by atoms with Crippen LogP contribution < -0.4 is 0 Å². The number of hydrogen-bond acceptors (Lipinski definition) is 3. The first-order valence-corrected chi connectivity index (χ1v) is 5.34. The Balaban J connectivity index is 2.52. The van der Waals surface area contributed by atoms with Gasteiger partial charge in [0.25, 0.3) is 6.43 Å². The number of hydrogen-bond donors (Lipinski definition) is 0. The fourth-order valence-corrected chi connectivity index (χ4v) is 1.89. The third-order valence-corrected chi connectivity index (χ3v) is 2.54. The highest BCUT2D eigenvalue weighted by Gasteiger charge is 2.31. The van der Waals surface area contributed by atoms with E-state index in [1.807, 2.05) is 0 Å². The van der Waals surface area contributed by atoms with Crippen LogP contribution >= 0.6 is 0 Å². The van der Waals surface area contributed by atoms with Crippen molar-refractivity contribution in [2.75, 3.05) is 19.7 Å². The molecule has 1 rings (SSSR count). The molecule has 1 atom stereocenters. The van der Waals surface area contributed by atoms with Crippen molar-refractivity contribution in [3.8, 4) is 0 Å². The van der Waals surface area contributed by atoms with E-state index in [0.717, 1.165) is 12.8 Å². The Kier molecular flexibility index (Phi) is 4.94. The van der Waals surface area contributed by atoms with Crippen LogP contribution in [-0.4, -0.2) is 43.0 Å². The first kappa shape index (κ1) is 12.4. The second-order valence-corrected chi connectivity index (χ2v) is 3.65. The minimum Gasteiger partial charge on any atom is -0.465 e. The van der Waals surface area contributed by atoms with Gasteiger partial charge in [0.05, 0.1) is 13.2 Å². The van der Waals surface area contributed by atoms with Crippen LogP contribution in [0.1, 0.15) is 26.2 Å². The van der Waals surface area contributed by atoms with Gasteiger partial charge in [0.2, 0.25) is 0 Å². The molecule has 0 spiro atoms. The predicted octanol–water partition coefficient (Wildman–Crippen LogP) is 1.67. The number of esters is 1. The normalized spacial score (nSPS) is 23.1. The minimum absolute atomic E-state index is 0.303. The summed E-state index contributed by atoms with van der Waals surface area (Å²) in [6.45, 7) is 2.26. The van der Waals surface area contributed by atoms with Crippen molar-refractivity contribution in [1.29, 1.82) is 0 Å². The van der Waals surface area contributed by atoms with E-state index in [1.54, 1.807) is 6.92 Å². The Labute approximate surface area is 88.4 Å². The number of carbonyl (C=O) groups excluding carboxylic acids is 1. The van der Waals surface area contributed by atoms with Gasteiger partial charge in [-0.3, -0.25) is 9.69 Å². The van der Waals surface area contributed by atoms with Crippen LogP contribution in [0, 0.1) is 0 Å². The van der Waals surface area contributed by atoms with E-state index in [0.29, 0.717) is 19.6 Å². The van der Waals surface area contributed by atoms with Crippen molar-refractivity contribution in [3.05, 3.63) is 0 Å². The molecule has 1 fully saturated rings.